The molecule has 1 amide bonds. The Morgan fingerprint density at radius 2 is 2.00 bits per heavy atom. The molecule has 0 aliphatic heterocycles. The molecular formula is C19H21N3OS2. The topological polar surface area (TPSA) is 46.1 Å². The standard InChI is InChI=1S/C19H21N3OS2/c1-14-6-7-17(25-14)12-22(11-16-5-3-4-10-20-16)19(23)9-8-18-15(2)21-13-24-18/h3-7,10,13H,8-9,11-12H2,1-2H3. The number of carbonyl (C=O) groups is 1. The van der Waals surface area contributed by atoms with Crippen molar-refractivity contribution >= 4 is 28.6 Å². The van der Waals surface area contributed by atoms with Crippen molar-refractivity contribution < 1.29 is 4.79 Å². The van der Waals surface area contributed by atoms with Gasteiger partial charge in [-0.15, -0.1) is 22.7 Å². The molecule has 0 aliphatic rings. The van der Waals surface area contributed by atoms with Gasteiger partial charge in [0.1, 0.15) is 0 Å². The minimum Gasteiger partial charge on any atom is -0.332 e. The van der Waals surface area contributed by atoms with Gasteiger partial charge in [0.2, 0.25) is 5.91 Å². The monoisotopic (exact) mass is 371 g/mol. The minimum absolute atomic E-state index is 0.157. The van der Waals surface area contributed by atoms with Gasteiger partial charge < -0.3 is 4.90 Å². The van der Waals surface area contributed by atoms with Crippen LogP contribution >= 0.6 is 22.7 Å². The zero-order chi connectivity index (χ0) is 17.6. The number of aromatic nitrogens is 2. The van der Waals surface area contributed by atoms with Crippen molar-refractivity contribution in [1.82, 2.24) is 14.9 Å². The first kappa shape index (κ1) is 17.8. The summed E-state index contributed by atoms with van der Waals surface area (Å²) in [6.45, 7) is 5.26. The van der Waals surface area contributed by atoms with E-state index >= 15 is 0 Å². The van der Waals surface area contributed by atoms with Gasteiger partial charge in [-0.05, 0) is 44.5 Å². The van der Waals surface area contributed by atoms with Crippen molar-refractivity contribution in [1.29, 1.82) is 0 Å². The quantitative estimate of drug-likeness (QED) is 0.619. The van der Waals surface area contributed by atoms with Crippen molar-refractivity contribution in [3.8, 4) is 0 Å². The van der Waals surface area contributed by atoms with Gasteiger partial charge in [0.05, 0.1) is 30.0 Å². The molecule has 3 aromatic heterocycles. The van der Waals surface area contributed by atoms with Gasteiger partial charge in [0, 0.05) is 27.2 Å². The van der Waals surface area contributed by atoms with Gasteiger partial charge in [-0.1, -0.05) is 6.07 Å². The summed E-state index contributed by atoms with van der Waals surface area (Å²) in [5.41, 5.74) is 3.79. The maximum atomic E-state index is 12.9. The Morgan fingerprint density at radius 1 is 1.12 bits per heavy atom. The van der Waals surface area contributed by atoms with Gasteiger partial charge in [0.25, 0.3) is 0 Å². The Hall–Kier alpha value is -2.05. The number of hydrogen-bond acceptors (Lipinski definition) is 5. The van der Waals surface area contributed by atoms with Gasteiger partial charge in [0.15, 0.2) is 0 Å². The Balaban J connectivity index is 1.70. The van der Waals surface area contributed by atoms with E-state index < -0.39 is 0 Å². The molecule has 0 aliphatic carbocycles. The van der Waals surface area contributed by atoms with Crippen LogP contribution in [0.2, 0.25) is 0 Å². The first-order chi connectivity index (χ1) is 12.1. The number of amides is 1. The van der Waals surface area contributed by atoms with E-state index in [1.54, 1.807) is 28.9 Å². The summed E-state index contributed by atoms with van der Waals surface area (Å²) in [6, 6.07) is 10.0. The number of rotatable bonds is 7. The lowest BCUT2D eigenvalue weighted by Gasteiger charge is -2.22. The zero-order valence-electron chi connectivity index (χ0n) is 14.4. The van der Waals surface area contributed by atoms with E-state index in [2.05, 4.69) is 29.0 Å². The van der Waals surface area contributed by atoms with Crippen LogP contribution < -0.4 is 0 Å². The van der Waals surface area contributed by atoms with E-state index in [1.165, 1.54) is 14.6 Å². The molecule has 3 aromatic rings. The summed E-state index contributed by atoms with van der Waals surface area (Å²) in [4.78, 5) is 27.1. The van der Waals surface area contributed by atoms with Crippen LogP contribution in [0.25, 0.3) is 0 Å². The molecule has 0 saturated carbocycles. The number of thiophene rings is 1. The van der Waals surface area contributed by atoms with Crippen LogP contribution in [-0.2, 0) is 24.3 Å². The van der Waals surface area contributed by atoms with Crippen molar-refractivity contribution in [3.05, 3.63) is 68.1 Å². The van der Waals surface area contributed by atoms with E-state index in [4.69, 9.17) is 0 Å². The Kier molecular flexibility index (Phi) is 5.94. The average molecular weight is 372 g/mol. The second kappa shape index (κ2) is 8.36. The molecule has 25 heavy (non-hydrogen) atoms. The summed E-state index contributed by atoms with van der Waals surface area (Å²) < 4.78 is 0. The molecule has 3 rings (SSSR count). The van der Waals surface area contributed by atoms with Crippen LogP contribution in [0, 0.1) is 13.8 Å². The lowest BCUT2D eigenvalue weighted by Crippen LogP contribution is -2.30. The number of thiazole rings is 1. The number of pyridine rings is 1. The number of hydrogen-bond donors (Lipinski definition) is 0. The molecule has 0 unspecified atom stereocenters. The van der Waals surface area contributed by atoms with Gasteiger partial charge in [-0.25, -0.2) is 4.98 Å². The maximum absolute atomic E-state index is 12.9. The van der Waals surface area contributed by atoms with Crippen LogP contribution in [0.3, 0.4) is 0 Å². The lowest BCUT2D eigenvalue weighted by molar-refractivity contribution is -0.132. The molecule has 4 nitrogen and oxygen atoms in total. The molecule has 0 radical (unpaired) electrons. The second-order valence-electron chi connectivity index (χ2n) is 5.94. The van der Waals surface area contributed by atoms with Crippen molar-refractivity contribution in [2.75, 3.05) is 0 Å². The van der Waals surface area contributed by atoms with E-state index in [0.29, 0.717) is 19.5 Å². The molecule has 6 heteroatoms. The second-order valence-corrected chi connectivity index (χ2v) is 8.26. The summed E-state index contributed by atoms with van der Waals surface area (Å²) in [6.07, 6.45) is 3.02. The number of carbonyl (C=O) groups excluding carboxylic acids is 1. The number of aryl methyl sites for hydroxylation is 3. The first-order valence-electron chi connectivity index (χ1n) is 8.24. The van der Waals surface area contributed by atoms with Crippen molar-refractivity contribution in [3.63, 3.8) is 0 Å². The average Bonchev–Trinajstić information content (AvgIpc) is 3.21. The summed E-state index contributed by atoms with van der Waals surface area (Å²) in [7, 11) is 0. The number of nitrogens with zero attached hydrogens (tertiary/aromatic N) is 3. The van der Waals surface area contributed by atoms with E-state index in [0.717, 1.165) is 17.8 Å². The Labute approximate surface area is 156 Å². The highest BCUT2D eigenvalue weighted by Gasteiger charge is 2.17. The molecule has 0 spiro atoms. The van der Waals surface area contributed by atoms with Crippen molar-refractivity contribution in [2.45, 2.75) is 39.8 Å². The van der Waals surface area contributed by atoms with Crippen molar-refractivity contribution in [2.24, 2.45) is 0 Å². The van der Waals surface area contributed by atoms with Crippen LogP contribution in [0.1, 0.15) is 32.4 Å². The largest absolute Gasteiger partial charge is 0.332 e. The van der Waals surface area contributed by atoms with Crippen LogP contribution in [0.4, 0.5) is 0 Å². The molecule has 0 fully saturated rings. The van der Waals surface area contributed by atoms with E-state index in [-0.39, 0.29) is 5.91 Å². The summed E-state index contributed by atoms with van der Waals surface area (Å²) >= 11 is 3.36. The third-order valence-electron chi connectivity index (χ3n) is 3.99. The molecule has 0 bridgehead atoms. The molecule has 3 heterocycles. The SMILES string of the molecule is Cc1ccc(CN(Cc2ccccn2)C(=O)CCc2scnc2C)s1. The third kappa shape index (κ3) is 4.96. The molecule has 0 N–H and O–H groups in total. The predicted molar refractivity (Wildman–Crippen MR) is 103 cm³/mol. The maximum Gasteiger partial charge on any atom is 0.223 e. The van der Waals surface area contributed by atoms with Crippen LogP contribution in [0.5, 0.6) is 0 Å². The van der Waals surface area contributed by atoms with Gasteiger partial charge in [-0.2, -0.15) is 0 Å². The fourth-order valence-corrected chi connectivity index (χ4v) is 4.31. The molecule has 130 valence electrons. The Morgan fingerprint density at radius 3 is 2.64 bits per heavy atom. The first-order valence-corrected chi connectivity index (χ1v) is 9.93. The third-order valence-corrected chi connectivity index (χ3v) is 5.97. The highest BCUT2D eigenvalue weighted by Crippen LogP contribution is 2.20. The zero-order valence-corrected chi connectivity index (χ0v) is 16.1. The fraction of sp³-hybridized carbons (Fsp3) is 0.316. The Bertz CT molecular complexity index is 826. The van der Waals surface area contributed by atoms with Gasteiger partial charge in [-0.3, -0.25) is 9.78 Å². The molecule has 0 atom stereocenters. The van der Waals surface area contributed by atoms with E-state index in [1.807, 2.05) is 35.5 Å². The molecular weight excluding hydrogens is 350 g/mol. The van der Waals surface area contributed by atoms with Crippen LogP contribution in [0.15, 0.2) is 42.0 Å². The van der Waals surface area contributed by atoms with Crippen LogP contribution in [-0.4, -0.2) is 20.8 Å². The summed E-state index contributed by atoms with van der Waals surface area (Å²) in [5, 5.41) is 0. The van der Waals surface area contributed by atoms with E-state index in [9.17, 15) is 4.79 Å². The van der Waals surface area contributed by atoms with Gasteiger partial charge >= 0.3 is 0 Å². The fourth-order valence-electron chi connectivity index (χ4n) is 2.62. The minimum atomic E-state index is 0.157. The normalized spacial score (nSPS) is 10.8. The summed E-state index contributed by atoms with van der Waals surface area (Å²) in [5.74, 6) is 0.157. The highest BCUT2D eigenvalue weighted by atomic mass is 32.1. The molecule has 0 saturated heterocycles. The highest BCUT2D eigenvalue weighted by molar-refractivity contribution is 7.11. The molecule has 0 aromatic carbocycles. The predicted octanol–water partition coefficient (Wildman–Crippen LogP) is 4.38. The lowest BCUT2D eigenvalue weighted by atomic mass is 10.2. The smallest absolute Gasteiger partial charge is 0.223 e.